The quantitative estimate of drug-likeness (QED) is 0.416. The topological polar surface area (TPSA) is 0 Å². The Morgan fingerprint density at radius 1 is 1.22 bits per heavy atom. The van der Waals surface area contributed by atoms with Crippen LogP contribution in [0.25, 0.3) is 0 Å². The molecule has 0 rings (SSSR count). The number of alkyl halides is 2. The molecule has 0 aliphatic carbocycles. The fourth-order valence-corrected chi connectivity index (χ4v) is 7.36. The van der Waals surface area contributed by atoms with Crippen LogP contribution in [0.4, 0.5) is 0 Å². The lowest BCUT2D eigenvalue weighted by atomic mass is 11.8. The third-order valence-corrected chi connectivity index (χ3v) is 10.9. The van der Waals surface area contributed by atoms with E-state index in [0.29, 0.717) is 5.67 Å². The first-order chi connectivity index (χ1) is 3.92. The fourth-order valence-electron chi connectivity index (χ4n) is 0.273. The van der Waals surface area contributed by atoms with E-state index in [2.05, 4.69) is 0 Å². The molecule has 0 fully saturated rings. The van der Waals surface area contributed by atoms with E-state index >= 15 is 0 Å². The summed E-state index contributed by atoms with van der Waals surface area (Å²) in [5.74, 6) is 0. The first-order valence-electron chi connectivity index (χ1n) is 2.27. The number of halogens is 5. The molecule has 7 heteroatoms. The summed E-state index contributed by atoms with van der Waals surface area (Å²) in [5, 5.41) is 0. The van der Waals surface area contributed by atoms with Gasteiger partial charge in [-0.2, -0.15) is 0 Å². The maximum Gasteiger partial charge on any atom is 0.338 e. The summed E-state index contributed by atoms with van der Waals surface area (Å²) in [6.07, 6.45) is 0. The van der Waals surface area contributed by atoms with Crippen LogP contribution >= 0.6 is 56.4 Å². The molecule has 0 radical (unpaired) electrons. The summed E-state index contributed by atoms with van der Waals surface area (Å²) in [7, 11) is -0.561. The number of rotatable bonds is 3. The van der Waals surface area contributed by atoms with Crippen molar-refractivity contribution in [3.8, 4) is 0 Å². The molecule has 0 aromatic heterocycles. The maximum absolute atomic E-state index is 5.56. The van der Waals surface area contributed by atoms with Gasteiger partial charge in [0, 0.05) is 0 Å². The van der Waals surface area contributed by atoms with E-state index in [-0.39, 0.29) is 4.46 Å². The minimum absolute atomic E-state index is 0.270. The van der Waals surface area contributed by atoms with E-state index in [0.717, 1.165) is 0 Å². The third kappa shape index (κ3) is 9.88. The van der Waals surface area contributed by atoms with E-state index in [1.54, 1.807) is 0 Å². The molecule has 0 aromatic carbocycles. The van der Waals surface area contributed by atoms with Crippen LogP contribution in [0.5, 0.6) is 0 Å². The number of hydrogen-bond acceptors (Lipinski definition) is 0. The summed E-state index contributed by atoms with van der Waals surface area (Å²) in [6, 6.07) is -2.41. The molecule has 0 aliphatic rings. The highest BCUT2D eigenvalue weighted by Crippen LogP contribution is 2.24. The second-order valence-corrected chi connectivity index (χ2v) is 16.0. The Bertz CT molecular complexity index is 77.5. The molecule has 0 spiro atoms. The highest BCUT2D eigenvalue weighted by atomic mass is 35.8. The Labute approximate surface area is 81.7 Å². The van der Waals surface area contributed by atoms with Gasteiger partial charge in [-0.3, -0.25) is 0 Å². The molecular formula is C2H5Cl5Si2. The second kappa shape index (κ2) is 4.70. The molecule has 0 saturated heterocycles. The van der Waals surface area contributed by atoms with Crippen LogP contribution in [-0.2, 0) is 0 Å². The highest BCUT2D eigenvalue weighted by molar-refractivity contribution is 7.65. The molecule has 0 atom stereocenters. The van der Waals surface area contributed by atoms with Gasteiger partial charge in [-0.25, -0.2) is 0 Å². The Kier molecular flexibility index (Phi) is 5.68. The van der Waals surface area contributed by atoms with Crippen molar-refractivity contribution < 1.29 is 0 Å². The fraction of sp³-hybridized carbons (Fsp3) is 1.00. The molecule has 9 heavy (non-hydrogen) atoms. The molecule has 0 nitrogen and oxygen atoms in total. The zero-order valence-electron chi connectivity index (χ0n) is 4.38. The van der Waals surface area contributed by atoms with Crippen molar-refractivity contribution in [3.05, 3.63) is 0 Å². The Morgan fingerprint density at radius 2 is 1.67 bits per heavy atom. The Hall–Kier alpha value is 1.88. The van der Waals surface area contributed by atoms with Crippen LogP contribution in [0.2, 0.25) is 5.67 Å². The summed E-state index contributed by atoms with van der Waals surface area (Å²) in [5.41, 5.74) is 0.662. The van der Waals surface area contributed by atoms with Gasteiger partial charge in [0.25, 0.3) is 0 Å². The molecule has 0 aliphatic heterocycles. The van der Waals surface area contributed by atoms with Crippen LogP contribution in [0.3, 0.4) is 0 Å². The summed E-state index contributed by atoms with van der Waals surface area (Å²) >= 11 is 27.6. The van der Waals surface area contributed by atoms with E-state index in [1.807, 2.05) is 0 Å². The first-order valence-corrected chi connectivity index (χ1v) is 10.2. The van der Waals surface area contributed by atoms with E-state index in [9.17, 15) is 0 Å². The van der Waals surface area contributed by atoms with Gasteiger partial charge in [0.1, 0.15) is 0 Å². The third-order valence-electron chi connectivity index (χ3n) is 0.646. The SMILES string of the molecule is ClC(Cl)[SiH2]C[Si](Cl)(Cl)Cl. The van der Waals surface area contributed by atoms with Crippen LogP contribution in [-0.4, -0.2) is 20.0 Å². The van der Waals surface area contributed by atoms with Crippen molar-refractivity contribution in [3.63, 3.8) is 0 Å². The lowest BCUT2D eigenvalue weighted by Crippen LogP contribution is -2.16. The average molecular weight is 262 g/mol. The largest absolute Gasteiger partial charge is 0.338 e. The minimum atomic E-state index is -2.41. The molecule has 0 heterocycles. The van der Waals surface area contributed by atoms with Gasteiger partial charge < -0.3 is 0 Å². The molecule has 0 aromatic rings. The minimum Gasteiger partial charge on any atom is -0.126 e. The van der Waals surface area contributed by atoms with Gasteiger partial charge in [-0.05, 0) is 5.67 Å². The van der Waals surface area contributed by atoms with Crippen molar-refractivity contribution in [2.45, 2.75) is 10.1 Å². The van der Waals surface area contributed by atoms with Crippen molar-refractivity contribution in [1.82, 2.24) is 0 Å². The Balaban J connectivity index is 3.28. The standard InChI is InChI=1S/C2H5Cl5Si2/c3-2(4)8-1-9(5,6)7/h2H,1,8H2. The van der Waals surface area contributed by atoms with Crippen molar-refractivity contribution in [1.29, 1.82) is 0 Å². The lowest BCUT2D eigenvalue weighted by molar-refractivity contribution is 1.80. The van der Waals surface area contributed by atoms with Crippen LogP contribution in [0.15, 0.2) is 0 Å². The van der Waals surface area contributed by atoms with E-state index in [1.165, 1.54) is 0 Å². The van der Waals surface area contributed by atoms with Gasteiger partial charge in [-0.15, -0.1) is 56.4 Å². The summed E-state index contributed by atoms with van der Waals surface area (Å²) in [6.45, 7) is 0. The average Bonchev–Trinajstić information content (AvgIpc) is 1.59. The van der Waals surface area contributed by atoms with E-state index in [4.69, 9.17) is 56.4 Å². The lowest BCUT2D eigenvalue weighted by Gasteiger charge is -2.05. The maximum atomic E-state index is 5.56. The zero-order valence-corrected chi connectivity index (χ0v) is 10.6. The van der Waals surface area contributed by atoms with Gasteiger partial charge in [0.2, 0.25) is 0 Å². The van der Waals surface area contributed by atoms with Crippen molar-refractivity contribution in [2.24, 2.45) is 0 Å². The van der Waals surface area contributed by atoms with Crippen LogP contribution < -0.4 is 0 Å². The van der Waals surface area contributed by atoms with Gasteiger partial charge in [0.05, 0.1) is 14.0 Å². The molecule has 0 N–H and O–H groups in total. The molecule has 0 saturated carbocycles. The smallest absolute Gasteiger partial charge is 0.126 e. The zero-order chi connectivity index (χ0) is 7.49. The van der Waals surface area contributed by atoms with Gasteiger partial charge in [-0.1, -0.05) is 0 Å². The number of hydrogen-bond donors (Lipinski definition) is 0. The second-order valence-electron chi connectivity index (χ2n) is 1.54. The predicted octanol–water partition coefficient (Wildman–Crippen LogP) is 2.53. The van der Waals surface area contributed by atoms with E-state index < -0.39 is 15.5 Å². The summed E-state index contributed by atoms with van der Waals surface area (Å²) in [4.78, 5) is 0. The highest BCUT2D eigenvalue weighted by Gasteiger charge is 2.25. The molecule has 0 amide bonds. The van der Waals surface area contributed by atoms with Crippen molar-refractivity contribution in [2.75, 3.05) is 0 Å². The normalized spacial score (nSPS) is 14.0. The van der Waals surface area contributed by atoms with Crippen LogP contribution in [0.1, 0.15) is 0 Å². The monoisotopic (exact) mass is 260 g/mol. The predicted molar refractivity (Wildman–Crippen MR) is 52.2 cm³/mol. The van der Waals surface area contributed by atoms with Crippen molar-refractivity contribution >= 4 is 72.0 Å². The Morgan fingerprint density at radius 3 is 1.78 bits per heavy atom. The van der Waals surface area contributed by atoms with Crippen LogP contribution in [0, 0.1) is 0 Å². The molecule has 0 unspecified atom stereocenters. The van der Waals surface area contributed by atoms with Gasteiger partial charge >= 0.3 is 6.00 Å². The summed E-state index contributed by atoms with van der Waals surface area (Å²) < 4.78 is -0.270. The first kappa shape index (κ1) is 10.9. The molecule has 56 valence electrons. The molecular weight excluding hydrogens is 257 g/mol. The van der Waals surface area contributed by atoms with Gasteiger partial charge in [0.15, 0.2) is 0 Å². The molecule has 0 bridgehead atoms.